The van der Waals surface area contributed by atoms with Crippen LogP contribution in [0.25, 0.3) is 44.0 Å². The Morgan fingerprint density at radius 3 is 1.25 bits per heavy atom. The first-order valence-electron chi connectivity index (χ1n) is 8.50. The van der Waals surface area contributed by atoms with Crippen LogP contribution in [0.15, 0.2) is 73.7 Å². The van der Waals surface area contributed by atoms with Crippen molar-refractivity contribution in [3.05, 3.63) is 73.7 Å². The van der Waals surface area contributed by atoms with Crippen molar-refractivity contribution in [2.45, 2.75) is 0 Å². The minimum atomic E-state index is 0.848. The Bertz CT molecular complexity index is 1110. The lowest BCUT2D eigenvalue weighted by molar-refractivity contribution is 1.08. The average molecular weight is 364 g/mol. The minimum absolute atomic E-state index is 0.848. The molecule has 4 aromatic heterocycles. The Kier molecular flexibility index (Phi) is 3.91. The van der Waals surface area contributed by atoms with Crippen molar-refractivity contribution in [1.82, 2.24) is 40.1 Å². The van der Waals surface area contributed by atoms with Crippen LogP contribution in [0, 0.1) is 0 Å². The summed E-state index contributed by atoms with van der Waals surface area (Å²) in [6.07, 6.45) is 11.7. The topological polar surface area (TPSA) is 103 Å². The zero-order chi connectivity index (χ0) is 18.8. The van der Waals surface area contributed by atoms with Crippen molar-refractivity contribution in [1.29, 1.82) is 0 Å². The van der Waals surface area contributed by atoms with Crippen molar-refractivity contribution in [3.63, 3.8) is 0 Å². The van der Waals surface area contributed by atoms with E-state index in [1.54, 1.807) is 43.4 Å². The van der Waals surface area contributed by atoms with Crippen LogP contribution in [-0.4, -0.2) is 40.1 Å². The highest BCUT2D eigenvalue weighted by molar-refractivity contribution is 5.92. The molecule has 8 heteroatoms. The summed E-state index contributed by atoms with van der Waals surface area (Å²) < 4.78 is 0. The van der Waals surface area contributed by atoms with Crippen LogP contribution in [0.5, 0.6) is 0 Å². The summed E-state index contributed by atoms with van der Waals surface area (Å²) in [7, 11) is 0. The molecule has 0 fully saturated rings. The van der Waals surface area contributed by atoms with Crippen molar-refractivity contribution in [2.75, 3.05) is 0 Å². The average Bonchev–Trinajstić information content (AvgIpc) is 2.76. The Hall–Kier alpha value is -4.20. The van der Waals surface area contributed by atoms with Gasteiger partial charge in [-0.1, -0.05) is 0 Å². The molecule has 0 unspecified atom stereocenters. The van der Waals surface area contributed by atoms with Crippen LogP contribution in [0.3, 0.4) is 0 Å². The molecule has 6 rings (SSSR count). The molecule has 0 aliphatic carbocycles. The predicted octanol–water partition coefficient (Wildman–Crippen LogP) is 3.15. The van der Waals surface area contributed by atoms with Gasteiger partial charge in [0, 0.05) is 42.6 Å². The lowest BCUT2D eigenvalue weighted by Gasteiger charge is -1.97. The van der Waals surface area contributed by atoms with Crippen molar-refractivity contribution in [3.8, 4) is 0 Å². The van der Waals surface area contributed by atoms with Gasteiger partial charge in [0.2, 0.25) is 0 Å². The Labute approximate surface area is 158 Å². The Balaban J connectivity index is 0.000000122. The molecular weight excluding hydrogens is 352 g/mol. The molecule has 0 aliphatic heterocycles. The molecule has 2 aromatic carbocycles. The Morgan fingerprint density at radius 1 is 0.393 bits per heavy atom. The largest absolute Gasteiger partial charge is 0.253 e. The fourth-order valence-electron chi connectivity index (χ4n) is 2.87. The highest BCUT2D eigenvalue weighted by Gasteiger charge is 2.00. The normalized spacial score (nSPS) is 10.9. The van der Waals surface area contributed by atoms with E-state index in [2.05, 4.69) is 40.1 Å². The number of nitrogens with zero attached hydrogens (tertiary/aromatic N) is 8. The van der Waals surface area contributed by atoms with Gasteiger partial charge in [0.1, 0.15) is 0 Å². The highest BCUT2D eigenvalue weighted by Crippen LogP contribution is 2.17. The maximum absolute atomic E-state index is 4.22. The van der Waals surface area contributed by atoms with Gasteiger partial charge in [0.15, 0.2) is 0 Å². The lowest BCUT2D eigenvalue weighted by Crippen LogP contribution is -1.86. The number of fused-ring (bicyclic) bond motifs is 4. The van der Waals surface area contributed by atoms with E-state index in [1.165, 1.54) is 0 Å². The second kappa shape index (κ2) is 6.84. The third-order valence-corrected chi connectivity index (χ3v) is 4.16. The number of hydrogen-bond donors (Lipinski definition) is 0. The molecule has 0 atom stereocenters. The van der Waals surface area contributed by atoms with E-state index < -0.39 is 0 Å². The summed E-state index contributed by atoms with van der Waals surface area (Å²) in [5.74, 6) is 0. The van der Waals surface area contributed by atoms with Crippen LogP contribution >= 0.6 is 0 Å². The van der Waals surface area contributed by atoms with E-state index >= 15 is 0 Å². The Morgan fingerprint density at radius 2 is 0.786 bits per heavy atom. The maximum atomic E-state index is 4.22. The molecule has 0 saturated carbocycles. The van der Waals surface area contributed by atoms with Gasteiger partial charge in [-0.2, -0.15) is 10.2 Å². The number of aromatic nitrogens is 8. The van der Waals surface area contributed by atoms with Crippen LogP contribution in [0.2, 0.25) is 0 Å². The molecule has 0 radical (unpaired) electrons. The summed E-state index contributed by atoms with van der Waals surface area (Å²) in [6, 6.07) is 9.56. The molecule has 6 aromatic rings. The first-order chi connectivity index (χ1) is 13.9. The van der Waals surface area contributed by atoms with E-state index in [-0.39, 0.29) is 0 Å². The van der Waals surface area contributed by atoms with E-state index in [0.717, 1.165) is 44.0 Å². The van der Waals surface area contributed by atoms with Gasteiger partial charge in [0.05, 0.1) is 44.8 Å². The van der Waals surface area contributed by atoms with E-state index in [9.17, 15) is 0 Å². The van der Waals surface area contributed by atoms with Crippen molar-refractivity contribution >= 4 is 44.0 Å². The zero-order valence-corrected chi connectivity index (χ0v) is 14.5. The van der Waals surface area contributed by atoms with Crippen LogP contribution < -0.4 is 0 Å². The van der Waals surface area contributed by atoms with E-state index in [1.807, 2.05) is 30.3 Å². The molecule has 0 spiro atoms. The van der Waals surface area contributed by atoms with Crippen molar-refractivity contribution < 1.29 is 0 Å². The molecule has 8 nitrogen and oxygen atoms in total. The fraction of sp³-hybridized carbons (Fsp3) is 0. The number of rotatable bonds is 0. The zero-order valence-electron chi connectivity index (χ0n) is 14.5. The van der Waals surface area contributed by atoms with Crippen LogP contribution in [0.4, 0.5) is 0 Å². The number of benzene rings is 2. The third-order valence-electron chi connectivity index (χ3n) is 4.16. The summed E-state index contributed by atoms with van der Waals surface area (Å²) in [6.45, 7) is 0. The lowest BCUT2D eigenvalue weighted by atomic mass is 10.2. The third kappa shape index (κ3) is 3.03. The second-order valence-electron chi connectivity index (χ2n) is 5.93. The molecule has 0 aliphatic rings. The second-order valence-corrected chi connectivity index (χ2v) is 5.93. The van der Waals surface area contributed by atoms with Gasteiger partial charge in [-0.25, -0.2) is 0 Å². The quantitative estimate of drug-likeness (QED) is 0.379. The number of hydrogen-bond acceptors (Lipinski definition) is 8. The van der Waals surface area contributed by atoms with Crippen LogP contribution in [0.1, 0.15) is 0 Å². The fourth-order valence-corrected chi connectivity index (χ4v) is 2.87. The summed E-state index contributed by atoms with van der Waals surface area (Å²) in [5, 5.41) is 8.87. The van der Waals surface area contributed by atoms with Crippen LogP contribution in [-0.2, 0) is 0 Å². The monoisotopic (exact) mass is 364 g/mol. The predicted molar refractivity (Wildman–Crippen MR) is 105 cm³/mol. The van der Waals surface area contributed by atoms with Gasteiger partial charge >= 0.3 is 0 Å². The van der Waals surface area contributed by atoms with Gasteiger partial charge in [0.25, 0.3) is 0 Å². The summed E-state index contributed by atoms with van der Waals surface area (Å²) in [4.78, 5) is 25.2. The highest BCUT2D eigenvalue weighted by atomic mass is 15.1. The molecule has 4 heterocycles. The first kappa shape index (κ1) is 16.0. The van der Waals surface area contributed by atoms with Gasteiger partial charge in [-0.05, 0) is 30.3 Å². The summed E-state index contributed by atoms with van der Waals surface area (Å²) in [5.41, 5.74) is 5.97. The SMILES string of the molecule is c1cc2cc3nccnc3cc2nn1.c1cnc2cc3nccnc3cc2n1. The van der Waals surface area contributed by atoms with Gasteiger partial charge in [-0.15, -0.1) is 0 Å². The summed E-state index contributed by atoms with van der Waals surface area (Å²) >= 11 is 0. The van der Waals surface area contributed by atoms with E-state index in [0.29, 0.717) is 0 Å². The smallest absolute Gasteiger partial charge is 0.0952 e. The molecule has 28 heavy (non-hydrogen) atoms. The standard InChI is InChI=1S/2C10H6N4/c1-2-12-8-6-10-9(5-7(8)11-1)13-3-4-14-10;1-2-13-14-8-6-10-9(5-7(1)8)11-3-4-12-10/h2*1-6H. The maximum Gasteiger partial charge on any atom is 0.0952 e. The first-order valence-corrected chi connectivity index (χ1v) is 8.50. The molecule has 132 valence electrons. The minimum Gasteiger partial charge on any atom is -0.253 e. The van der Waals surface area contributed by atoms with Gasteiger partial charge < -0.3 is 0 Å². The van der Waals surface area contributed by atoms with Crippen molar-refractivity contribution in [2.24, 2.45) is 0 Å². The molecule has 0 N–H and O–H groups in total. The molecular formula is C20H12N8. The molecule has 0 saturated heterocycles. The van der Waals surface area contributed by atoms with Gasteiger partial charge in [-0.3, -0.25) is 29.9 Å². The molecule has 0 bridgehead atoms. The molecule has 0 amide bonds. The van der Waals surface area contributed by atoms with E-state index in [4.69, 9.17) is 0 Å².